The van der Waals surface area contributed by atoms with Crippen LogP contribution in [0.5, 0.6) is 5.75 Å². The van der Waals surface area contributed by atoms with Gasteiger partial charge in [0, 0.05) is 18.2 Å². The van der Waals surface area contributed by atoms with Gasteiger partial charge in [0.15, 0.2) is 0 Å². The van der Waals surface area contributed by atoms with Gasteiger partial charge in [-0.05, 0) is 44.5 Å². The standard InChI is InChI=1S/C18H26N2O3/c1-6-13(2)17(22)19-11-16(21)20(18(3,4)12-19)14-7-9-15(23-5)10-8-14/h7-10,13H,6,11-12H2,1-5H3/t13-/m1/s1. The summed E-state index contributed by atoms with van der Waals surface area (Å²) in [6.45, 7) is 8.56. The summed E-state index contributed by atoms with van der Waals surface area (Å²) in [5.74, 6) is 0.710. The smallest absolute Gasteiger partial charge is 0.247 e. The van der Waals surface area contributed by atoms with Gasteiger partial charge in [0.1, 0.15) is 12.3 Å². The Morgan fingerprint density at radius 1 is 1.30 bits per heavy atom. The summed E-state index contributed by atoms with van der Waals surface area (Å²) < 4.78 is 5.17. The average Bonchev–Trinajstić information content (AvgIpc) is 2.52. The summed E-state index contributed by atoms with van der Waals surface area (Å²) in [5.41, 5.74) is 0.379. The van der Waals surface area contributed by atoms with Gasteiger partial charge in [-0.25, -0.2) is 0 Å². The van der Waals surface area contributed by atoms with Crippen LogP contribution in [0.1, 0.15) is 34.1 Å². The molecule has 1 aliphatic rings. The van der Waals surface area contributed by atoms with Crippen LogP contribution in [0.3, 0.4) is 0 Å². The molecule has 0 aliphatic carbocycles. The Bertz CT molecular complexity index is 580. The fraction of sp³-hybridized carbons (Fsp3) is 0.556. The number of nitrogens with zero attached hydrogens (tertiary/aromatic N) is 2. The number of amides is 2. The van der Waals surface area contributed by atoms with E-state index in [1.165, 1.54) is 0 Å². The Balaban J connectivity index is 2.24. The van der Waals surface area contributed by atoms with Crippen molar-refractivity contribution in [3.63, 3.8) is 0 Å². The van der Waals surface area contributed by atoms with Crippen molar-refractivity contribution in [2.75, 3.05) is 25.1 Å². The fourth-order valence-electron chi connectivity index (χ4n) is 3.03. The Labute approximate surface area is 138 Å². The summed E-state index contributed by atoms with van der Waals surface area (Å²) in [4.78, 5) is 28.6. The Morgan fingerprint density at radius 2 is 1.91 bits per heavy atom. The molecule has 1 heterocycles. The molecule has 0 saturated carbocycles. The van der Waals surface area contributed by atoms with Crippen molar-refractivity contribution >= 4 is 17.5 Å². The summed E-state index contributed by atoms with van der Waals surface area (Å²) >= 11 is 0. The first-order valence-corrected chi connectivity index (χ1v) is 8.06. The van der Waals surface area contributed by atoms with Crippen LogP contribution in [-0.4, -0.2) is 42.5 Å². The Hall–Kier alpha value is -2.04. The SMILES string of the molecule is CC[C@@H](C)C(=O)N1CC(=O)N(c2ccc(OC)cc2)C(C)(C)C1. The van der Waals surface area contributed by atoms with Crippen molar-refractivity contribution in [3.05, 3.63) is 24.3 Å². The Morgan fingerprint density at radius 3 is 2.39 bits per heavy atom. The number of methoxy groups -OCH3 is 1. The van der Waals surface area contributed by atoms with Crippen molar-refractivity contribution < 1.29 is 14.3 Å². The van der Waals surface area contributed by atoms with E-state index < -0.39 is 5.54 Å². The average molecular weight is 318 g/mol. The highest BCUT2D eigenvalue weighted by molar-refractivity contribution is 5.99. The van der Waals surface area contributed by atoms with E-state index in [9.17, 15) is 9.59 Å². The maximum absolute atomic E-state index is 12.7. The van der Waals surface area contributed by atoms with E-state index in [0.717, 1.165) is 17.9 Å². The van der Waals surface area contributed by atoms with Gasteiger partial charge < -0.3 is 14.5 Å². The molecular weight excluding hydrogens is 292 g/mol. The predicted octanol–water partition coefficient (Wildman–Crippen LogP) is 2.70. The molecule has 1 atom stereocenters. The molecule has 5 heteroatoms. The first-order chi connectivity index (χ1) is 10.8. The summed E-state index contributed by atoms with van der Waals surface area (Å²) in [5, 5.41) is 0. The van der Waals surface area contributed by atoms with Crippen molar-refractivity contribution in [3.8, 4) is 5.75 Å². The lowest BCUT2D eigenvalue weighted by Gasteiger charge is -2.47. The number of carbonyl (C=O) groups excluding carboxylic acids is 2. The maximum Gasteiger partial charge on any atom is 0.247 e. The van der Waals surface area contributed by atoms with Gasteiger partial charge in [-0.2, -0.15) is 0 Å². The number of rotatable bonds is 4. The second kappa shape index (κ2) is 6.60. The highest BCUT2D eigenvalue weighted by atomic mass is 16.5. The topological polar surface area (TPSA) is 49.9 Å². The normalized spacial score (nSPS) is 18.7. The second-order valence-corrected chi connectivity index (χ2v) is 6.74. The van der Waals surface area contributed by atoms with Gasteiger partial charge in [0.2, 0.25) is 11.8 Å². The molecule has 1 fully saturated rings. The molecular formula is C18H26N2O3. The van der Waals surface area contributed by atoms with Crippen molar-refractivity contribution in [2.45, 2.75) is 39.7 Å². The lowest BCUT2D eigenvalue weighted by molar-refractivity contribution is -0.142. The number of carbonyl (C=O) groups is 2. The monoisotopic (exact) mass is 318 g/mol. The van der Waals surface area contributed by atoms with E-state index in [1.807, 2.05) is 52.0 Å². The third-order valence-electron chi connectivity index (χ3n) is 4.43. The predicted molar refractivity (Wildman–Crippen MR) is 90.6 cm³/mol. The Kier molecular flexibility index (Phi) is 4.97. The van der Waals surface area contributed by atoms with Gasteiger partial charge in [-0.15, -0.1) is 0 Å². The minimum absolute atomic E-state index is 0.0499. The molecule has 0 aromatic heterocycles. The van der Waals surface area contributed by atoms with E-state index >= 15 is 0 Å². The summed E-state index contributed by atoms with van der Waals surface area (Å²) in [7, 11) is 1.61. The quantitative estimate of drug-likeness (QED) is 0.857. The van der Waals surface area contributed by atoms with Crippen LogP contribution in [0.2, 0.25) is 0 Å². The molecule has 126 valence electrons. The van der Waals surface area contributed by atoms with Gasteiger partial charge in [-0.1, -0.05) is 13.8 Å². The third kappa shape index (κ3) is 3.49. The highest BCUT2D eigenvalue weighted by Gasteiger charge is 2.41. The molecule has 23 heavy (non-hydrogen) atoms. The van der Waals surface area contributed by atoms with Gasteiger partial charge in [0.05, 0.1) is 12.6 Å². The number of benzene rings is 1. The highest BCUT2D eigenvalue weighted by Crippen LogP contribution is 2.30. The molecule has 2 rings (SSSR count). The molecule has 1 saturated heterocycles. The van der Waals surface area contributed by atoms with Gasteiger partial charge >= 0.3 is 0 Å². The largest absolute Gasteiger partial charge is 0.497 e. The van der Waals surface area contributed by atoms with Crippen LogP contribution in [0, 0.1) is 5.92 Å². The van der Waals surface area contributed by atoms with Crippen LogP contribution < -0.4 is 9.64 Å². The third-order valence-corrected chi connectivity index (χ3v) is 4.43. The van der Waals surface area contributed by atoms with E-state index in [2.05, 4.69) is 0 Å². The first kappa shape index (κ1) is 17.3. The molecule has 0 spiro atoms. The first-order valence-electron chi connectivity index (χ1n) is 8.06. The minimum Gasteiger partial charge on any atom is -0.497 e. The number of piperazine rings is 1. The molecule has 1 aromatic carbocycles. The summed E-state index contributed by atoms with van der Waals surface area (Å²) in [6, 6.07) is 7.44. The number of anilines is 1. The zero-order chi connectivity index (χ0) is 17.2. The lowest BCUT2D eigenvalue weighted by atomic mass is 9.95. The molecule has 2 amide bonds. The van der Waals surface area contributed by atoms with Crippen molar-refractivity contribution in [1.29, 1.82) is 0 Å². The van der Waals surface area contributed by atoms with Crippen LogP contribution in [0.25, 0.3) is 0 Å². The number of hydrogen-bond donors (Lipinski definition) is 0. The number of hydrogen-bond acceptors (Lipinski definition) is 3. The fourth-order valence-corrected chi connectivity index (χ4v) is 3.03. The van der Waals surface area contributed by atoms with E-state index in [1.54, 1.807) is 16.9 Å². The molecule has 0 bridgehead atoms. The van der Waals surface area contributed by atoms with Crippen molar-refractivity contribution in [1.82, 2.24) is 4.90 Å². The van der Waals surface area contributed by atoms with E-state index in [0.29, 0.717) is 6.54 Å². The number of ether oxygens (including phenoxy) is 1. The second-order valence-electron chi connectivity index (χ2n) is 6.74. The van der Waals surface area contributed by atoms with Crippen LogP contribution >= 0.6 is 0 Å². The zero-order valence-electron chi connectivity index (χ0n) is 14.6. The minimum atomic E-state index is -0.451. The summed E-state index contributed by atoms with van der Waals surface area (Å²) in [6.07, 6.45) is 0.784. The van der Waals surface area contributed by atoms with E-state index in [4.69, 9.17) is 4.74 Å². The molecule has 0 unspecified atom stereocenters. The maximum atomic E-state index is 12.7. The van der Waals surface area contributed by atoms with Crippen LogP contribution in [-0.2, 0) is 9.59 Å². The van der Waals surface area contributed by atoms with Gasteiger partial charge in [-0.3, -0.25) is 9.59 Å². The molecule has 0 radical (unpaired) electrons. The van der Waals surface area contributed by atoms with Crippen LogP contribution in [0.4, 0.5) is 5.69 Å². The molecule has 0 N–H and O–H groups in total. The van der Waals surface area contributed by atoms with Crippen LogP contribution in [0.15, 0.2) is 24.3 Å². The molecule has 1 aliphatic heterocycles. The zero-order valence-corrected chi connectivity index (χ0v) is 14.6. The molecule has 1 aromatic rings. The lowest BCUT2D eigenvalue weighted by Crippen LogP contribution is -2.64. The van der Waals surface area contributed by atoms with Crippen molar-refractivity contribution in [2.24, 2.45) is 5.92 Å². The van der Waals surface area contributed by atoms with Gasteiger partial charge in [0.25, 0.3) is 0 Å². The van der Waals surface area contributed by atoms with E-state index in [-0.39, 0.29) is 24.3 Å². The molecule has 5 nitrogen and oxygen atoms in total.